The van der Waals surface area contributed by atoms with Gasteiger partial charge in [0.15, 0.2) is 11.6 Å². The van der Waals surface area contributed by atoms with Gasteiger partial charge in [-0.05, 0) is 19.1 Å². The van der Waals surface area contributed by atoms with Crippen LogP contribution in [0.4, 0.5) is 23.1 Å². The van der Waals surface area contributed by atoms with E-state index >= 15 is 0 Å². The van der Waals surface area contributed by atoms with Crippen molar-refractivity contribution >= 4 is 29.0 Å². The minimum Gasteiger partial charge on any atom is -0.459 e. The third-order valence-electron chi connectivity index (χ3n) is 2.92. The second kappa shape index (κ2) is 6.66. The van der Waals surface area contributed by atoms with Gasteiger partial charge in [-0.15, -0.1) is 0 Å². The van der Waals surface area contributed by atoms with Crippen molar-refractivity contribution in [2.24, 2.45) is 0 Å². The second-order valence-electron chi connectivity index (χ2n) is 4.68. The lowest BCUT2D eigenvalue weighted by Crippen LogP contribution is -2.30. The Labute approximate surface area is 139 Å². The SMILES string of the molecule is Cc1cc(Nc2ncnc(NNC(=O)c3ccco3)c2[N+](=O)[O-])no1. The molecular formula is C13H11N7O5. The van der Waals surface area contributed by atoms with Crippen LogP contribution in [0.25, 0.3) is 0 Å². The molecule has 0 saturated carbocycles. The number of aryl methyl sites for hydroxylation is 1. The van der Waals surface area contributed by atoms with Gasteiger partial charge in [0.05, 0.1) is 11.2 Å². The zero-order valence-corrected chi connectivity index (χ0v) is 12.7. The molecule has 0 aliphatic carbocycles. The Morgan fingerprint density at radius 2 is 2.12 bits per heavy atom. The smallest absolute Gasteiger partial charge is 0.355 e. The summed E-state index contributed by atoms with van der Waals surface area (Å²) in [5.74, 6) is -0.181. The number of rotatable bonds is 6. The minimum absolute atomic E-state index is 0.0284. The van der Waals surface area contributed by atoms with Gasteiger partial charge in [-0.3, -0.25) is 25.8 Å². The van der Waals surface area contributed by atoms with Crippen LogP contribution in [0.15, 0.2) is 39.7 Å². The zero-order chi connectivity index (χ0) is 17.8. The summed E-state index contributed by atoms with van der Waals surface area (Å²) in [4.78, 5) is 30.1. The van der Waals surface area contributed by atoms with Crippen molar-refractivity contribution in [3.8, 4) is 0 Å². The number of hydrogen-bond donors (Lipinski definition) is 3. The number of carbonyl (C=O) groups is 1. The Hall–Kier alpha value is -3.96. The number of hydrazine groups is 1. The van der Waals surface area contributed by atoms with Gasteiger partial charge in [0, 0.05) is 6.07 Å². The number of nitrogens with one attached hydrogen (secondary N) is 3. The normalized spacial score (nSPS) is 10.3. The fourth-order valence-electron chi connectivity index (χ4n) is 1.87. The highest BCUT2D eigenvalue weighted by Gasteiger charge is 2.24. The van der Waals surface area contributed by atoms with Crippen molar-refractivity contribution in [3.05, 3.63) is 52.4 Å². The van der Waals surface area contributed by atoms with Crippen LogP contribution in [0.2, 0.25) is 0 Å². The summed E-state index contributed by atoms with van der Waals surface area (Å²) in [7, 11) is 0. The van der Waals surface area contributed by atoms with Crippen molar-refractivity contribution in [1.82, 2.24) is 20.6 Å². The maximum Gasteiger partial charge on any atom is 0.355 e. The Bertz CT molecular complexity index is 905. The molecule has 3 N–H and O–H groups in total. The molecule has 128 valence electrons. The van der Waals surface area contributed by atoms with E-state index < -0.39 is 16.5 Å². The molecule has 3 aromatic rings. The largest absolute Gasteiger partial charge is 0.459 e. The summed E-state index contributed by atoms with van der Waals surface area (Å²) in [6.07, 6.45) is 2.41. The maximum absolute atomic E-state index is 11.8. The number of aromatic nitrogens is 3. The summed E-state index contributed by atoms with van der Waals surface area (Å²) < 4.78 is 9.80. The third kappa shape index (κ3) is 3.52. The summed E-state index contributed by atoms with van der Waals surface area (Å²) >= 11 is 0. The number of anilines is 3. The number of carbonyl (C=O) groups excluding carboxylic acids is 1. The standard InChI is InChI=1S/C13H11N7O5/c1-7-5-9(19-25-7)16-11-10(20(22)23)12(15-6-14-11)17-18-13(21)8-3-2-4-24-8/h2-6H,1H3,(H,18,21)(H2,14,15,16,17,19). The molecule has 3 heterocycles. The third-order valence-corrected chi connectivity index (χ3v) is 2.92. The van der Waals surface area contributed by atoms with Crippen LogP contribution >= 0.6 is 0 Å². The quantitative estimate of drug-likeness (QED) is 0.443. The van der Waals surface area contributed by atoms with Crippen LogP contribution in [0.1, 0.15) is 16.3 Å². The molecule has 12 heteroatoms. The number of furan rings is 1. The van der Waals surface area contributed by atoms with Gasteiger partial charge in [-0.25, -0.2) is 9.97 Å². The fraction of sp³-hybridized carbons (Fsp3) is 0.0769. The average Bonchev–Trinajstić information content (AvgIpc) is 3.24. The van der Waals surface area contributed by atoms with E-state index in [-0.39, 0.29) is 23.2 Å². The number of amides is 1. The molecule has 0 aliphatic rings. The van der Waals surface area contributed by atoms with E-state index in [9.17, 15) is 14.9 Å². The first-order valence-corrected chi connectivity index (χ1v) is 6.84. The molecule has 3 rings (SSSR count). The molecule has 0 fully saturated rings. The van der Waals surface area contributed by atoms with Gasteiger partial charge in [-0.1, -0.05) is 5.16 Å². The maximum atomic E-state index is 11.8. The summed E-state index contributed by atoms with van der Waals surface area (Å²) in [5.41, 5.74) is 4.15. The number of nitro groups is 1. The Balaban J connectivity index is 1.82. The lowest BCUT2D eigenvalue weighted by Gasteiger charge is -2.09. The molecule has 0 aromatic carbocycles. The van der Waals surface area contributed by atoms with Crippen LogP contribution in [0.3, 0.4) is 0 Å². The number of nitrogens with zero attached hydrogens (tertiary/aromatic N) is 4. The van der Waals surface area contributed by atoms with Crippen LogP contribution in [0.5, 0.6) is 0 Å². The van der Waals surface area contributed by atoms with E-state index in [1.54, 1.807) is 6.92 Å². The Morgan fingerprint density at radius 3 is 2.76 bits per heavy atom. The van der Waals surface area contributed by atoms with Gasteiger partial charge in [0.2, 0.25) is 11.6 Å². The van der Waals surface area contributed by atoms with E-state index in [0.717, 1.165) is 6.33 Å². The Kier molecular flexibility index (Phi) is 4.24. The van der Waals surface area contributed by atoms with Gasteiger partial charge < -0.3 is 14.3 Å². The molecule has 1 amide bonds. The predicted octanol–water partition coefficient (Wildman–Crippen LogP) is 1.77. The van der Waals surface area contributed by atoms with E-state index in [4.69, 9.17) is 8.94 Å². The predicted molar refractivity (Wildman–Crippen MR) is 83.0 cm³/mol. The van der Waals surface area contributed by atoms with Gasteiger partial charge >= 0.3 is 11.6 Å². The van der Waals surface area contributed by atoms with Gasteiger partial charge in [-0.2, -0.15) is 0 Å². The lowest BCUT2D eigenvalue weighted by atomic mass is 10.4. The van der Waals surface area contributed by atoms with Crippen molar-refractivity contribution in [2.75, 3.05) is 10.7 Å². The van der Waals surface area contributed by atoms with Crippen LogP contribution in [0, 0.1) is 17.0 Å². The monoisotopic (exact) mass is 345 g/mol. The highest BCUT2D eigenvalue weighted by molar-refractivity contribution is 5.92. The molecule has 3 aromatic heterocycles. The van der Waals surface area contributed by atoms with E-state index in [2.05, 4.69) is 31.3 Å². The van der Waals surface area contributed by atoms with Crippen LogP contribution in [-0.4, -0.2) is 26.0 Å². The van der Waals surface area contributed by atoms with Crippen molar-refractivity contribution in [2.45, 2.75) is 6.92 Å². The Morgan fingerprint density at radius 1 is 1.32 bits per heavy atom. The topological polar surface area (TPSA) is 161 Å². The number of hydrogen-bond acceptors (Lipinski definition) is 10. The van der Waals surface area contributed by atoms with Crippen molar-refractivity contribution < 1.29 is 18.7 Å². The first-order valence-electron chi connectivity index (χ1n) is 6.84. The molecule has 12 nitrogen and oxygen atoms in total. The van der Waals surface area contributed by atoms with Gasteiger partial charge in [0.1, 0.15) is 12.1 Å². The molecular weight excluding hydrogens is 334 g/mol. The van der Waals surface area contributed by atoms with E-state index in [1.807, 2.05) is 0 Å². The summed E-state index contributed by atoms with van der Waals surface area (Å²) in [6.45, 7) is 1.67. The molecule has 0 spiro atoms. The zero-order valence-electron chi connectivity index (χ0n) is 12.7. The van der Waals surface area contributed by atoms with Crippen LogP contribution in [-0.2, 0) is 0 Å². The van der Waals surface area contributed by atoms with Crippen LogP contribution < -0.4 is 16.2 Å². The van der Waals surface area contributed by atoms with Crippen molar-refractivity contribution in [3.63, 3.8) is 0 Å². The molecule has 0 aliphatic heterocycles. The second-order valence-corrected chi connectivity index (χ2v) is 4.68. The molecule has 25 heavy (non-hydrogen) atoms. The average molecular weight is 345 g/mol. The first-order chi connectivity index (χ1) is 12.0. The van der Waals surface area contributed by atoms with E-state index in [1.165, 1.54) is 24.5 Å². The molecule has 0 bridgehead atoms. The summed E-state index contributed by atoms with van der Waals surface area (Å²) in [6, 6.07) is 4.51. The molecule has 0 saturated heterocycles. The lowest BCUT2D eigenvalue weighted by molar-refractivity contribution is -0.383. The minimum atomic E-state index is -0.698. The first kappa shape index (κ1) is 15.9. The fourth-order valence-corrected chi connectivity index (χ4v) is 1.87. The summed E-state index contributed by atoms with van der Waals surface area (Å²) in [5, 5.41) is 17.7. The highest BCUT2D eigenvalue weighted by atomic mass is 16.6. The van der Waals surface area contributed by atoms with Gasteiger partial charge in [0.25, 0.3) is 0 Å². The molecule has 0 radical (unpaired) electrons. The highest BCUT2D eigenvalue weighted by Crippen LogP contribution is 2.30. The van der Waals surface area contributed by atoms with Crippen molar-refractivity contribution in [1.29, 1.82) is 0 Å². The molecule has 0 unspecified atom stereocenters. The molecule has 0 atom stereocenters. The van der Waals surface area contributed by atoms with E-state index in [0.29, 0.717) is 5.76 Å².